The zero-order chi connectivity index (χ0) is 20.1. The molecule has 0 spiro atoms. The smallest absolute Gasteiger partial charge is 0.340 e. The number of methoxy groups -OCH3 is 2. The average Bonchev–Trinajstić information content (AvgIpc) is 2.63. The molecular formula is C20H19Br2NO4. The van der Waals surface area contributed by atoms with E-state index >= 15 is 0 Å². The van der Waals surface area contributed by atoms with Gasteiger partial charge in [-0.1, -0.05) is 6.07 Å². The summed E-state index contributed by atoms with van der Waals surface area (Å²) in [7, 11) is 2.81. The molecule has 0 fully saturated rings. The van der Waals surface area contributed by atoms with Crippen LogP contribution in [0.4, 0.5) is 5.69 Å². The molecule has 2 aromatic carbocycles. The number of aryl methyl sites for hydroxylation is 1. The van der Waals surface area contributed by atoms with Crippen LogP contribution in [0.5, 0.6) is 5.75 Å². The first kappa shape index (κ1) is 21.2. The summed E-state index contributed by atoms with van der Waals surface area (Å²) in [5.74, 6) is -0.359. The lowest BCUT2D eigenvalue weighted by Gasteiger charge is -2.13. The van der Waals surface area contributed by atoms with E-state index in [0.29, 0.717) is 11.4 Å². The Balaban J connectivity index is 2.32. The molecule has 0 aliphatic carbocycles. The fourth-order valence-corrected chi connectivity index (χ4v) is 3.11. The van der Waals surface area contributed by atoms with Crippen molar-refractivity contribution in [2.45, 2.75) is 13.8 Å². The molecule has 0 aliphatic heterocycles. The Morgan fingerprint density at radius 3 is 2.37 bits per heavy atom. The molecule has 0 bridgehead atoms. The number of anilines is 1. The highest BCUT2D eigenvalue weighted by Crippen LogP contribution is 2.29. The van der Waals surface area contributed by atoms with Gasteiger partial charge in [-0.2, -0.15) is 0 Å². The molecule has 27 heavy (non-hydrogen) atoms. The van der Waals surface area contributed by atoms with Gasteiger partial charge in [0.15, 0.2) is 0 Å². The van der Waals surface area contributed by atoms with Gasteiger partial charge in [-0.3, -0.25) is 4.79 Å². The Hall–Kier alpha value is -2.12. The lowest BCUT2D eigenvalue weighted by atomic mass is 10.1. The average molecular weight is 497 g/mol. The van der Waals surface area contributed by atoms with Gasteiger partial charge in [-0.25, -0.2) is 4.79 Å². The van der Waals surface area contributed by atoms with Crippen LogP contribution in [0.25, 0.3) is 5.57 Å². The zero-order valence-corrected chi connectivity index (χ0v) is 18.5. The molecule has 2 aromatic rings. The van der Waals surface area contributed by atoms with Crippen molar-refractivity contribution in [3.05, 3.63) is 62.0 Å². The van der Waals surface area contributed by atoms with E-state index in [1.54, 1.807) is 12.1 Å². The first-order chi connectivity index (χ1) is 12.8. The number of rotatable bonds is 5. The van der Waals surface area contributed by atoms with Crippen LogP contribution in [0.2, 0.25) is 0 Å². The van der Waals surface area contributed by atoms with Crippen LogP contribution >= 0.6 is 31.9 Å². The van der Waals surface area contributed by atoms with Crippen molar-refractivity contribution in [1.29, 1.82) is 0 Å². The lowest BCUT2D eigenvalue weighted by molar-refractivity contribution is -0.111. The van der Waals surface area contributed by atoms with Gasteiger partial charge in [0.05, 0.1) is 25.5 Å². The SMILES string of the molecule is COC(=O)c1cc(OC)c(C)cc1NC(=O)/C=C(/C)c1ccc(Br)c(Br)c1. The summed E-state index contributed by atoms with van der Waals surface area (Å²) in [5.41, 5.74) is 3.07. The molecule has 7 heteroatoms. The van der Waals surface area contributed by atoms with Crippen molar-refractivity contribution < 1.29 is 19.1 Å². The Morgan fingerprint density at radius 2 is 1.78 bits per heavy atom. The van der Waals surface area contributed by atoms with Gasteiger partial charge in [-0.05, 0) is 86.7 Å². The maximum atomic E-state index is 12.5. The molecule has 0 heterocycles. The number of carbonyl (C=O) groups is 2. The van der Waals surface area contributed by atoms with Gasteiger partial charge in [0.1, 0.15) is 5.75 Å². The van der Waals surface area contributed by atoms with E-state index in [1.807, 2.05) is 32.0 Å². The monoisotopic (exact) mass is 495 g/mol. The molecule has 0 saturated carbocycles. The number of hydrogen-bond donors (Lipinski definition) is 1. The van der Waals surface area contributed by atoms with Crippen LogP contribution in [-0.4, -0.2) is 26.1 Å². The number of carbonyl (C=O) groups excluding carboxylic acids is 2. The molecule has 0 saturated heterocycles. The molecule has 0 aromatic heterocycles. The Labute approximate surface area is 175 Å². The minimum absolute atomic E-state index is 0.228. The van der Waals surface area contributed by atoms with Crippen LogP contribution in [0, 0.1) is 6.92 Å². The molecule has 142 valence electrons. The number of halogens is 2. The third-order valence-corrected chi connectivity index (χ3v) is 5.80. The summed E-state index contributed by atoms with van der Waals surface area (Å²) in [6.07, 6.45) is 1.48. The first-order valence-corrected chi connectivity index (χ1v) is 9.57. The number of ether oxygens (including phenoxy) is 2. The maximum absolute atomic E-state index is 12.5. The predicted molar refractivity (Wildman–Crippen MR) is 113 cm³/mol. The summed E-state index contributed by atoms with van der Waals surface area (Å²) in [6, 6.07) is 8.96. The van der Waals surface area contributed by atoms with E-state index in [4.69, 9.17) is 9.47 Å². The van der Waals surface area contributed by atoms with Crippen molar-refractivity contribution in [2.24, 2.45) is 0 Å². The number of nitrogens with one attached hydrogen (secondary N) is 1. The van der Waals surface area contributed by atoms with E-state index in [-0.39, 0.29) is 11.5 Å². The van der Waals surface area contributed by atoms with Gasteiger partial charge in [0.25, 0.3) is 0 Å². The largest absolute Gasteiger partial charge is 0.496 e. The second-order valence-corrected chi connectivity index (χ2v) is 7.51. The van der Waals surface area contributed by atoms with E-state index in [2.05, 4.69) is 37.2 Å². The van der Waals surface area contributed by atoms with Gasteiger partial charge in [0, 0.05) is 15.0 Å². The second-order valence-electron chi connectivity index (χ2n) is 5.80. The van der Waals surface area contributed by atoms with Crippen LogP contribution in [-0.2, 0) is 9.53 Å². The molecule has 0 unspecified atom stereocenters. The normalized spacial score (nSPS) is 11.1. The number of amides is 1. The number of allylic oxidation sites excluding steroid dienone is 1. The minimum Gasteiger partial charge on any atom is -0.496 e. The number of benzene rings is 2. The summed E-state index contributed by atoms with van der Waals surface area (Å²) in [5, 5.41) is 2.75. The summed E-state index contributed by atoms with van der Waals surface area (Å²) >= 11 is 6.87. The maximum Gasteiger partial charge on any atom is 0.340 e. The topological polar surface area (TPSA) is 64.6 Å². The van der Waals surface area contributed by atoms with E-state index in [0.717, 1.165) is 25.6 Å². The highest BCUT2D eigenvalue weighted by atomic mass is 79.9. The summed E-state index contributed by atoms with van der Waals surface area (Å²) in [6.45, 7) is 3.67. The molecule has 1 amide bonds. The van der Waals surface area contributed by atoms with Gasteiger partial charge in [-0.15, -0.1) is 0 Å². The molecule has 2 rings (SSSR count). The molecule has 0 atom stereocenters. The quantitative estimate of drug-likeness (QED) is 0.447. The van der Waals surface area contributed by atoms with Crippen molar-refractivity contribution in [1.82, 2.24) is 0 Å². The third kappa shape index (κ3) is 5.20. The highest BCUT2D eigenvalue weighted by molar-refractivity contribution is 9.13. The minimum atomic E-state index is -0.554. The van der Waals surface area contributed by atoms with Crippen molar-refractivity contribution in [3.63, 3.8) is 0 Å². The standard InChI is InChI=1S/C20H19Br2NO4/c1-11(13-5-6-15(21)16(22)9-13)8-19(24)23-17-7-12(2)18(26-3)10-14(17)20(25)27-4/h5-10H,1-4H3,(H,23,24)/b11-8-. The van der Waals surface area contributed by atoms with Crippen LogP contribution < -0.4 is 10.1 Å². The van der Waals surface area contributed by atoms with Crippen molar-refractivity contribution in [3.8, 4) is 5.75 Å². The van der Waals surface area contributed by atoms with E-state index in [1.165, 1.54) is 20.3 Å². The zero-order valence-electron chi connectivity index (χ0n) is 15.4. The molecule has 0 radical (unpaired) electrons. The Kier molecular flexibility index (Phi) is 7.21. The van der Waals surface area contributed by atoms with Crippen molar-refractivity contribution in [2.75, 3.05) is 19.5 Å². The van der Waals surface area contributed by atoms with E-state index in [9.17, 15) is 9.59 Å². The predicted octanol–water partition coefficient (Wildman–Crippen LogP) is 5.36. The Bertz CT molecular complexity index is 922. The number of hydrogen-bond acceptors (Lipinski definition) is 4. The van der Waals surface area contributed by atoms with Gasteiger partial charge in [0.2, 0.25) is 5.91 Å². The lowest BCUT2D eigenvalue weighted by Crippen LogP contribution is -2.14. The van der Waals surface area contributed by atoms with E-state index < -0.39 is 5.97 Å². The highest BCUT2D eigenvalue weighted by Gasteiger charge is 2.17. The second kappa shape index (κ2) is 9.19. The fraction of sp³-hybridized carbons (Fsp3) is 0.200. The molecule has 1 N–H and O–H groups in total. The van der Waals surface area contributed by atoms with Crippen LogP contribution in [0.3, 0.4) is 0 Å². The number of esters is 1. The first-order valence-electron chi connectivity index (χ1n) is 7.98. The Morgan fingerprint density at radius 1 is 1.07 bits per heavy atom. The third-order valence-electron chi connectivity index (χ3n) is 3.92. The summed E-state index contributed by atoms with van der Waals surface area (Å²) < 4.78 is 11.9. The van der Waals surface area contributed by atoms with Gasteiger partial charge >= 0.3 is 5.97 Å². The van der Waals surface area contributed by atoms with Crippen LogP contribution in [0.1, 0.15) is 28.4 Å². The van der Waals surface area contributed by atoms with Gasteiger partial charge < -0.3 is 14.8 Å². The fourth-order valence-electron chi connectivity index (χ4n) is 2.48. The van der Waals surface area contributed by atoms with Crippen LogP contribution in [0.15, 0.2) is 45.4 Å². The molecular weight excluding hydrogens is 478 g/mol. The molecule has 5 nitrogen and oxygen atoms in total. The van der Waals surface area contributed by atoms with Crippen molar-refractivity contribution >= 4 is 55.0 Å². The molecule has 0 aliphatic rings. The summed E-state index contributed by atoms with van der Waals surface area (Å²) in [4.78, 5) is 24.5.